The zero-order valence-corrected chi connectivity index (χ0v) is 10.9. The zero-order chi connectivity index (χ0) is 13.1. The standard InChI is InChI=1S/C12H16N2O3S/c1-8(10-5-3-7-18-10)13-12(17)14-6-2-4-9(14)11(15)16/h3,5,7-9H,2,4,6H2,1H3,(H,13,17)(H,15,16)/t8?,9-/m1/s1. The van der Waals surface area contributed by atoms with E-state index in [1.807, 2.05) is 24.4 Å². The molecule has 0 saturated carbocycles. The second kappa shape index (κ2) is 5.39. The molecular weight excluding hydrogens is 252 g/mol. The van der Waals surface area contributed by atoms with E-state index in [2.05, 4.69) is 5.32 Å². The van der Waals surface area contributed by atoms with Crippen LogP contribution in [0.4, 0.5) is 4.79 Å². The number of carbonyl (C=O) groups is 2. The van der Waals surface area contributed by atoms with Gasteiger partial charge in [0.25, 0.3) is 0 Å². The van der Waals surface area contributed by atoms with Gasteiger partial charge in [-0.3, -0.25) is 0 Å². The van der Waals surface area contributed by atoms with Gasteiger partial charge in [-0.2, -0.15) is 0 Å². The number of carboxylic acids is 1. The first-order valence-electron chi connectivity index (χ1n) is 5.93. The van der Waals surface area contributed by atoms with Crippen LogP contribution in [-0.2, 0) is 4.79 Å². The lowest BCUT2D eigenvalue weighted by atomic mass is 10.2. The Kier molecular flexibility index (Phi) is 3.86. The van der Waals surface area contributed by atoms with Crippen molar-refractivity contribution in [3.63, 3.8) is 0 Å². The van der Waals surface area contributed by atoms with E-state index in [-0.39, 0.29) is 12.1 Å². The quantitative estimate of drug-likeness (QED) is 0.881. The zero-order valence-electron chi connectivity index (χ0n) is 10.1. The predicted octanol–water partition coefficient (Wildman–Crippen LogP) is 2.07. The molecule has 18 heavy (non-hydrogen) atoms. The molecule has 0 aromatic carbocycles. The van der Waals surface area contributed by atoms with Crippen molar-refractivity contribution in [1.82, 2.24) is 10.2 Å². The molecule has 2 N–H and O–H groups in total. The molecule has 98 valence electrons. The number of rotatable bonds is 3. The average Bonchev–Trinajstić information content (AvgIpc) is 3.00. The molecule has 0 aliphatic carbocycles. The first kappa shape index (κ1) is 12.9. The molecule has 0 bridgehead atoms. The summed E-state index contributed by atoms with van der Waals surface area (Å²) in [6, 6.07) is 2.82. The molecule has 1 saturated heterocycles. The minimum atomic E-state index is -0.925. The minimum absolute atomic E-state index is 0.0902. The van der Waals surface area contributed by atoms with Crippen LogP contribution in [0.2, 0.25) is 0 Å². The maximum absolute atomic E-state index is 12.0. The molecule has 2 heterocycles. The van der Waals surface area contributed by atoms with Gasteiger partial charge in [0.2, 0.25) is 0 Å². The van der Waals surface area contributed by atoms with Gasteiger partial charge in [-0.25, -0.2) is 9.59 Å². The smallest absolute Gasteiger partial charge is 0.326 e. The summed E-state index contributed by atoms with van der Waals surface area (Å²) in [5.41, 5.74) is 0. The maximum atomic E-state index is 12.0. The molecule has 6 heteroatoms. The van der Waals surface area contributed by atoms with Crippen LogP contribution in [0.3, 0.4) is 0 Å². The third kappa shape index (κ3) is 2.64. The molecule has 0 radical (unpaired) electrons. The summed E-state index contributed by atoms with van der Waals surface area (Å²) in [7, 11) is 0. The number of thiophene rings is 1. The molecule has 5 nitrogen and oxygen atoms in total. The number of urea groups is 1. The molecular formula is C12H16N2O3S. The molecule has 1 fully saturated rings. The van der Waals surface area contributed by atoms with Gasteiger partial charge in [-0.1, -0.05) is 6.07 Å². The Labute approximate surface area is 109 Å². The Hall–Kier alpha value is -1.56. The van der Waals surface area contributed by atoms with E-state index < -0.39 is 12.0 Å². The van der Waals surface area contributed by atoms with Gasteiger partial charge in [0.15, 0.2) is 0 Å². The molecule has 1 aromatic heterocycles. The normalized spacial score (nSPS) is 20.7. The van der Waals surface area contributed by atoms with Crippen LogP contribution in [0.5, 0.6) is 0 Å². The average molecular weight is 268 g/mol. The maximum Gasteiger partial charge on any atom is 0.326 e. The highest BCUT2D eigenvalue weighted by Gasteiger charge is 2.34. The molecule has 2 atom stereocenters. The Morgan fingerprint density at radius 3 is 3.00 bits per heavy atom. The second-order valence-corrected chi connectivity index (χ2v) is 5.36. The fraction of sp³-hybridized carbons (Fsp3) is 0.500. The number of carboxylic acid groups (broad SMARTS) is 1. The summed E-state index contributed by atoms with van der Waals surface area (Å²) in [5.74, 6) is -0.925. The Morgan fingerprint density at radius 2 is 2.39 bits per heavy atom. The Balaban J connectivity index is 1.97. The van der Waals surface area contributed by atoms with Gasteiger partial charge in [0.05, 0.1) is 6.04 Å². The van der Waals surface area contributed by atoms with Crippen LogP contribution in [-0.4, -0.2) is 34.6 Å². The van der Waals surface area contributed by atoms with Gasteiger partial charge in [0, 0.05) is 11.4 Å². The molecule has 1 aliphatic rings. The van der Waals surface area contributed by atoms with E-state index in [0.717, 1.165) is 11.3 Å². The third-order valence-corrected chi connectivity index (χ3v) is 4.16. The van der Waals surface area contributed by atoms with Crippen LogP contribution in [0.1, 0.15) is 30.7 Å². The van der Waals surface area contributed by atoms with Crippen molar-refractivity contribution >= 4 is 23.3 Å². The summed E-state index contributed by atoms with van der Waals surface area (Å²) in [6.07, 6.45) is 1.29. The minimum Gasteiger partial charge on any atom is -0.480 e. The summed E-state index contributed by atoms with van der Waals surface area (Å²) in [5, 5.41) is 13.8. The summed E-state index contributed by atoms with van der Waals surface area (Å²) < 4.78 is 0. The number of nitrogens with one attached hydrogen (secondary N) is 1. The highest BCUT2D eigenvalue weighted by molar-refractivity contribution is 7.10. The number of amides is 2. The lowest BCUT2D eigenvalue weighted by Crippen LogP contribution is -2.46. The van der Waals surface area contributed by atoms with Crippen molar-refractivity contribution in [2.75, 3.05) is 6.54 Å². The number of hydrogen-bond acceptors (Lipinski definition) is 3. The number of carbonyl (C=O) groups excluding carboxylic acids is 1. The van der Waals surface area contributed by atoms with Gasteiger partial charge in [0.1, 0.15) is 6.04 Å². The van der Waals surface area contributed by atoms with Gasteiger partial charge < -0.3 is 15.3 Å². The molecule has 0 spiro atoms. The van der Waals surface area contributed by atoms with Crippen molar-refractivity contribution in [2.45, 2.75) is 31.8 Å². The van der Waals surface area contributed by atoms with Crippen LogP contribution < -0.4 is 5.32 Å². The van der Waals surface area contributed by atoms with E-state index in [0.29, 0.717) is 13.0 Å². The highest BCUT2D eigenvalue weighted by atomic mass is 32.1. The summed E-state index contributed by atoms with van der Waals surface area (Å²) >= 11 is 1.57. The summed E-state index contributed by atoms with van der Waals surface area (Å²) in [4.78, 5) is 25.5. The number of nitrogens with zero attached hydrogens (tertiary/aromatic N) is 1. The Bertz CT molecular complexity index is 433. The van der Waals surface area contributed by atoms with Gasteiger partial charge >= 0.3 is 12.0 Å². The molecule has 2 rings (SSSR count). The van der Waals surface area contributed by atoms with E-state index >= 15 is 0 Å². The van der Waals surface area contributed by atoms with Crippen molar-refractivity contribution in [3.05, 3.63) is 22.4 Å². The van der Waals surface area contributed by atoms with E-state index in [1.165, 1.54) is 4.90 Å². The van der Waals surface area contributed by atoms with E-state index in [1.54, 1.807) is 11.3 Å². The first-order chi connectivity index (χ1) is 8.59. The number of hydrogen-bond donors (Lipinski definition) is 2. The largest absolute Gasteiger partial charge is 0.480 e. The van der Waals surface area contributed by atoms with Crippen molar-refractivity contribution in [1.29, 1.82) is 0 Å². The predicted molar refractivity (Wildman–Crippen MR) is 68.6 cm³/mol. The SMILES string of the molecule is CC(NC(=O)N1CCC[C@@H]1C(=O)O)c1cccs1. The van der Waals surface area contributed by atoms with Crippen LogP contribution >= 0.6 is 11.3 Å². The fourth-order valence-electron chi connectivity index (χ4n) is 2.14. The van der Waals surface area contributed by atoms with E-state index in [4.69, 9.17) is 5.11 Å². The van der Waals surface area contributed by atoms with Crippen molar-refractivity contribution < 1.29 is 14.7 Å². The molecule has 2 amide bonds. The molecule has 1 aliphatic heterocycles. The highest BCUT2D eigenvalue weighted by Crippen LogP contribution is 2.21. The third-order valence-electron chi connectivity index (χ3n) is 3.11. The number of aliphatic carboxylic acids is 1. The molecule has 1 unspecified atom stereocenters. The van der Waals surface area contributed by atoms with Gasteiger partial charge in [-0.15, -0.1) is 11.3 Å². The lowest BCUT2D eigenvalue weighted by molar-refractivity contribution is -0.141. The van der Waals surface area contributed by atoms with E-state index in [9.17, 15) is 9.59 Å². The van der Waals surface area contributed by atoms with Crippen molar-refractivity contribution in [3.8, 4) is 0 Å². The van der Waals surface area contributed by atoms with Crippen LogP contribution in [0, 0.1) is 0 Å². The lowest BCUT2D eigenvalue weighted by Gasteiger charge is -2.24. The topological polar surface area (TPSA) is 69.6 Å². The Morgan fingerprint density at radius 1 is 1.61 bits per heavy atom. The van der Waals surface area contributed by atoms with Gasteiger partial charge in [-0.05, 0) is 31.2 Å². The number of likely N-dealkylation sites (tertiary alicyclic amines) is 1. The van der Waals surface area contributed by atoms with Crippen LogP contribution in [0.25, 0.3) is 0 Å². The van der Waals surface area contributed by atoms with Crippen molar-refractivity contribution in [2.24, 2.45) is 0 Å². The second-order valence-electron chi connectivity index (χ2n) is 4.38. The van der Waals surface area contributed by atoms with Crippen LogP contribution in [0.15, 0.2) is 17.5 Å². The first-order valence-corrected chi connectivity index (χ1v) is 6.81. The molecule has 1 aromatic rings. The monoisotopic (exact) mass is 268 g/mol. The summed E-state index contributed by atoms with van der Waals surface area (Å²) in [6.45, 7) is 2.41. The fourth-order valence-corrected chi connectivity index (χ4v) is 2.88.